The van der Waals surface area contributed by atoms with E-state index in [1.807, 2.05) is 0 Å². The number of sulfonamides is 1. The molecule has 0 saturated carbocycles. The number of halogens is 1. The molecule has 0 atom stereocenters. The van der Waals surface area contributed by atoms with Crippen molar-refractivity contribution < 1.29 is 23.0 Å². The first-order valence-electron chi connectivity index (χ1n) is 8.43. The smallest absolute Gasteiger partial charge is 0.279 e. The van der Waals surface area contributed by atoms with E-state index in [-0.39, 0.29) is 15.8 Å². The molecule has 1 aromatic carbocycles. The first-order chi connectivity index (χ1) is 11.7. The van der Waals surface area contributed by atoms with Gasteiger partial charge in [-0.05, 0) is 25.1 Å². The molecule has 0 aliphatic carbocycles. The second-order valence-corrected chi connectivity index (χ2v) is 9.04. The van der Waals surface area contributed by atoms with Gasteiger partial charge in [0.1, 0.15) is 31.1 Å². The molecule has 9 heteroatoms. The number of rotatable bonds is 6. The highest BCUT2D eigenvalue weighted by atomic mass is 35.5. The molecule has 7 nitrogen and oxygen atoms in total. The highest BCUT2D eigenvalue weighted by Gasteiger charge is 2.25. The van der Waals surface area contributed by atoms with Crippen molar-refractivity contribution in [2.45, 2.75) is 11.8 Å². The number of anilines is 1. The zero-order valence-corrected chi connectivity index (χ0v) is 16.5. The standard InChI is InChI=1S/C16H25ClN4O3S/c1-4-20-7-9-21(10-8-20)12-16(22)18-13-5-6-14(17)15(11-13)25(23,24)19(2)3/h5-6,11H,4,7-10,12H2,1-3H3,(H,18,22)/p+2. The third-order valence-electron chi connectivity index (χ3n) is 4.55. The van der Waals surface area contributed by atoms with Gasteiger partial charge in [-0.2, -0.15) is 0 Å². The molecule has 0 bridgehead atoms. The lowest BCUT2D eigenvalue weighted by Gasteiger charge is -2.28. The Labute approximate surface area is 154 Å². The van der Waals surface area contributed by atoms with Gasteiger partial charge in [0.05, 0.1) is 11.6 Å². The Bertz CT molecular complexity index is 716. The summed E-state index contributed by atoms with van der Waals surface area (Å²) in [7, 11) is -0.775. The Morgan fingerprint density at radius 1 is 1.20 bits per heavy atom. The van der Waals surface area contributed by atoms with Crippen LogP contribution in [0.15, 0.2) is 23.1 Å². The summed E-state index contributed by atoms with van der Waals surface area (Å²) in [5, 5.41) is 2.92. The molecular weight excluding hydrogens is 364 g/mol. The van der Waals surface area contributed by atoms with Crippen LogP contribution in [0, 0.1) is 0 Å². The molecule has 25 heavy (non-hydrogen) atoms. The van der Waals surface area contributed by atoms with E-state index in [4.69, 9.17) is 11.6 Å². The fraction of sp³-hybridized carbons (Fsp3) is 0.562. The minimum atomic E-state index is -3.66. The molecule has 0 radical (unpaired) electrons. The van der Waals surface area contributed by atoms with Gasteiger partial charge in [-0.1, -0.05) is 11.6 Å². The molecule has 0 spiro atoms. The minimum absolute atomic E-state index is 0.00975. The zero-order valence-electron chi connectivity index (χ0n) is 14.9. The fourth-order valence-corrected chi connectivity index (χ4v) is 4.29. The number of nitrogens with one attached hydrogen (secondary N) is 3. The summed E-state index contributed by atoms with van der Waals surface area (Å²) in [6.45, 7) is 7.77. The van der Waals surface area contributed by atoms with Gasteiger partial charge in [0.25, 0.3) is 5.91 Å². The van der Waals surface area contributed by atoms with Crippen LogP contribution in [0.5, 0.6) is 0 Å². The molecule has 3 N–H and O–H groups in total. The number of nitrogens with zero attached hydrogens (tertiary/aromatic N) is 1. The van der Waals surface area contributed by atoms with Crippen molar-refractivity contribution in [2.24, 2.45) is 0 Å². The molecule has 2 rings (SSSR count). The molecule has 1 saturated heterocycles. The van der Waals surface area contributed by atoms with Crippen LogP contribution in [0.1, 0.15) is 6.92 Å². The van der Waals surface area contributed by atoms with Crippen LogP contribution in [0.2, 0.25) is 5.02 Å². The third-order valence-corrected chi connectivity index (χ3v) is 6.85. The lowest BCUT2D eigenvalue weighted by Crippen LogP contribution is -3.28. The number of benzene rings is 1. The summed E-state index contributed by atoms with van der Waals surface area (Å²) < 4.78 is 25.7. The van der Waals surface area contributed by atoms with Crippen molar-refractivity contribution in [1.29, 1.82) is 0 Å². The quantitative estimate of drug-likeness (QED) is 0.544. The van der Waals surface area contributed by atoms with Crippen LogP contribution in [0.25, 0.3) is 0 Å². The van der Waals surface area contributed by atoms with Crippen LogP contribution in [0.4, 0.5) is 5.69 Å². The fourth-order valence-electron chi connectivity index (χ4n) is 2.90. The number of likely N-dealkylation sites (N-methyl/N-ethyl adjacent to an activating group) is 1. The molecule has 0 aromatic heterocycles. The molecule has 1 aliphatic rings. The summed E-state index contributed by atoms with van der Waals surface area (Å²) in [4.78, 5) is 15.1. The number of piperazine rings is 1. The zero-order chi connectivity index (χ0) is 18.6. The maximum absolute atomic E-state index is 12.3. The summed E-state index contributed by atoms with van der Waals surface area (Å²) in [5.74, 6) is -0.120. The molecule has 0 unspecified atom stereocenters. The van der Waals surface area contributed by atoms with E-state index in [1.165, 1.54) is 31.1 Å². The molecule has 1 aromatic rings. The van der Waals surface area contributed by atoms with E-state index in [0.29, 0.717) is 12.2 Å². The predicted molar refractivity (Wildman–Crippen MR) is 97.8 cm³/mol. The van der Waals surface area contributed by atoms with Crippen LogP contribution < -0.4 is 15.1 Å². The Morgan fingerprint density at radius 2 is 1.80 bits per heavy atom. The van der Waals surface area contributed by atoms with Gasteiger partial charge in [-0.15, -0.1) is 0 Å². The summed E-state index contributed by atoms with van der Waals surface area (Å²) >= 11 is 6.02. The normalized spacial score (nSPS) is 21.3. The van der Waals surface area contributed by atoms with E-state index < -0.39 is 10.0 Å². The Morgan fingerprint density at radius 3 is 2.36 bits per heavy atom. The molecule has 1 amide bonds. The van der Waals surface area contributed by atoms with Crippen LogP contribution in [-0.2, 0) is 14.8 Å². The number of carbonyl (C=O) groups excluding carboxylic acids is 1. The van der Waals surface area contributed by atoms with Gasteiger partial charge in [-0.3, -0.25) is 4.79 Å². The number of carbonyl (C=O) groups is 1. The van der Waals surface area contributed by atoms with Crippen molar-refractivity contribution in [2.75, 3.05) is 58.7 Å². The SMILES string of the molecule is CC[NH+]1CC[NH+](CC(=O)Nc2ccc(Cl)c(S(=O)(=O)N(C)C)c2)CC1. The first kappa shape index (κ1) is 20.1. The van der Waals surface area contributed by atoms with Crippen molar-refractivity contribution >= 4 is 33.2 Å². The summed E-state index contributed by atoms with van der Waals surface area (Å²) in [6.07, 6.45) is 0. The molecule has 1 fully saturated rings. The predicted octanol–water partition coefficient (Wildman–Crippen LogP) is -1.67. The van der Waals surface area contributed by atoms with E-state index in [2.05, 4.69) is 12.2 Å². The highest BCUT2D eigenvalue weighted by molar-refractivity contribution is 7.89. The van der Waals surface area contributed by atoms with E-state index >= 15 is 0 Å². The van der Waals surface area contributed by atoms with Crippen LogP contribution in [-0.4, -0.2) is 72.0 Å². The third kappa shape index (κ3) is 5.15. The van der Waals surface area contributed by atoms with Crippen molar-refractivity contribution in [1.82, 2.24) is 4.31 Å². The lowest BCUT2D eigenvalue weighted by atomic mass is 10.3. The Hall–Kier alpha value is -1.19. The van der Waals surface area contributed by atoms with E-state index in [9.17, 15) is 13.2 Å². The van der Waals surface area contributed by atoms with Crippen molar-refractivity contribution in [3.63, 3.8) is 0 Å². The minimum Gasteiger partial charge on any atom is -0.326 e. The van der Waals surface area contributed by atoms with Gasteiger partial charge >= 0.3 is 0 Å². The lowest BCUT2D eigenvalue weighted by molar-refractivity contribution is -1.01. The van der Waals surface area contributed by atoms with Crippen molar-refractivity contribution in [3.8, 4) is 0 Å². The number of quaternary nitrogens is 2. The average molecular weight is 391 g/mol. The molecule has 1 heterocycles. The monoisotopic (exact) mass is 390 g/mol. The Kier molecular flexibility index (Phi) is 6.81. The molecule has 140 valence electrons. The van der Waals surface area contributed by atoms with Gasteiger partial charge in [-0.25, -0.2) is 12.7 Å². The van der Waals surface area contributed by atoms with Crippen LogP contribution in [0.3, 0.4) is 0 Å². The van der Waals surface area contributed by atoms with E-state index in [1.54, 1.807) is 11.0 Å². The maximum Gasteiger partial charge on any atom is 0.279 e. The number of amides is 1. The summed E-state index contributed by atoms with van der Waals surface area (Å²) in [5.41, 5.74) is 0.437. The summed E-state index contributed by atoms with van der Waals surface area (Å²) in [6, 6.07) is 4.51. The van der Waals surface area contributed by atoms with Gasteiger partial charge in [0, 0.05) is 19.8 Å². The second kappa shape index (κ2) is 8.46. The van der Waals surface area contributed by atoms with Crippen molar-refractivity contribution in [3.05, 3.63) is 23.2 Å². The van der Waals surface area contributed by atoms with Gasteiger partial charge in [0.2, 0.25) is 10.0 Å². The first-order valence-corrected chi connectivity index (χ1v) is 10.2. The van der Waals surface area contributed by atoms with Crippen LogP contribution >= 0.6 is 11.6 Å². The molecule has 1 aliphatic heterocycles. The largest absolute Gasteiger partial charge is 0.326 e. The topological polar surface area (TPSA) is 75.4 Å². The number of hydrogen-bond acceptors (Lipinski definition) is 3. The van der Waals surface area contributed by atoms with E-state index in [0.717, 1.165) is 37.0 Å². The average Bonchev–Trinajstić information content (AvgIpc) is 2.57. The highest BCUT2D eigenvalue weighted by Crippen LogP contribution is 2.26. The van der Waals surface area contributed by atoms with Gasteiger partial charge in [0.15, 0.2) is 6.54 Å². The number of hydrogen-bond donors (Lipinski definition) is 3. The molecular formula is C16H27ClN4O3S+2. The Balaban J connectivity index is 2.02. The van der Waals surface area contributed by atoms with Gasteiger partial charge < -0.3 is 15.1 Å². The second-order valence-electron chi connectivity index (χ2n) is 6.51. The maximum atomic E-state index is 12.3.